The summed E-state index contributed by atoms with van der Waals surface area (Å²) in [6.45, 7) is 3.27. The van der Waals surface area contributed by atoms with Crippen LogP contribution >= 0.6 is 0 Å². The number of nitrogens with zero attached hydrogens (tertiary/aromatic N) is 4. The lowest BCUT2D eigenvalue weighted by molar-refractivity contribution is 0.0916. The number of aryl methyl sites for hydroxylation is 1. The molecule has 2 aliphatic rings. The Morgan fingerprint density at radius 3 is 2.50 bits per heavy atom. The first-order valence-corrected chi connectivity index (χ1v) is 12.5. The Kier molecular flexibility index (Phi) is 8.00. The van der Waals surface area contributed by atoms with Gasteiger partial charge in [-0.25, -0.2) is 4.68 Å². The van der Waals surface area contributed by atoms with Gasteiger partial charge in [-0.15, -0.1) is 5.10 Å². The van der Waals surface area contributed by atoms with Gasteiger partial charge in [0.2, 0.25) is 0 Å². The van der Waals surface area contributed by atoms with Crippen molar-refractivity contribution in [2.45, 2.75) is 76.7 Å². The summed E-state index contributed by atoms with van der Waals surface area (Å²) in [5, 5.41) is 11.6. The first kappa shape index (κ1) is 23.0. The number of hydrogen-bond acceptors (Lipinski definition) is 5. The van der Waals surface area contributed by atoms with Crippen molar-refractivity contribution in [3.05, 3.63) is 17.7 Å². The molecule has 1 aromatic heterocycles. The molecular formula is C25H39N5O2. The zero-order valence-electron chi connectivity index (χ0n) is 19.8. The topological polar surface area (TPSA) is 72.3 Å². The van der Waals surface area contributed by atoms with Crippen LogP contribution in [0.3, 0.4) is 0 Å². The van der Waals surface area contributed by atoms with Gasteiger partial charge in [-0.3, -0.25) is 4.79 Å². The first-order chi connectivity index (χ1) is 15.6. The van der Waals surface area contributed by atoms with Crippen LogP contribution in [0.15, 0.2) is 12.1 Å². The van der Waals surface area contributed by atoms with Gasteiger partial charge in [-0.1, -0.05) is 50.2 Å². The Bertz CT molecular complexity index is 892. The Labute approximate surface area is 191 Å². The summed E-state index contributed by atoms with van der Waals surface area (Å²) in [7, 11) is 3.45. The first-order valence-electron chi connectivity index (χ1n) is 12.5. The highest BCUT2D eigenvalue weighted by Gasteiger charge is 2.26. The Morgan fingerprint density at radius 2 is 1.78 bits per heavy atom. The number of hydrogen-bond donors (Lipinski definition) is 1. The number of nitrogens with one attached hydrogen (secondary N) is 1. The number of methoxy groups -OCH3 is 1. The molecule has 2 heterocycles. The van der Waals surface area contributed by atoms with Crippen molar-refractivity contribution >= 4 is 16.9 Å². The smallest absolute Gasteiger partial charge is 0.255 e. The van der Waals surface area contributed by atoms with Crippen molar-refractivity contribution in [3.63, 3.8) is 0 Å². The third-order valence-corrected chi connectivity index (χ3v) is 6.98. The fraction of sp³-hybridized carbons (Fsp3) is 0.720. The average Bonchev–Trinajstić information content (AvgIpc) is 3.53. The Balaban J connectivity index is 1.48. The van der Waals surface area contributed by atoms with Crippen LogP contribution in [0.5, 0.6) is 5.75 Å². The maximum Gasteiger partial charge on any atom is 0.255 e. The lowest BCUT2D eigenvalue weighted by Crippen LogP contribution is -2.44. The van der Waals surface area contributed by atoms with Crippen LogP contribution < -0.4 is 10.1 Å². The highest BCUT2D eigenvalue weighted by Crippen LogP contribution is 2.30. The van der Waals surface area contributed by atoms with Crippen LogP contribution in [0.1, 0.15) is 81.0 Å². The van der Waals surface area contributed by atoms with Gasteiger partial charge in [0.15, 0.2) is 0 Å². The molecule has 0 radical (unpaired) electrons. The molecule has 1 amide bonds. The van der Waals surface area contributed by atoms with E-state index in [-0.39, 0.29) is 11.9 Å². The van der Waals surface area contributed by atoms with E-state index in [0.717, 1.165) is 30.9 Å². The minimum absolute atomic E-state index is 0.0740. The van der Waals surface area contributed by atoms with E-state index < -0.39 is 0 Å². The summed E-state index contributed by atoms with van der Waals surface area (Å²) < 4.78 is 7.25. The fourth-order valence-corrected chi connectivity index (χ4v) is 4.90. The minimum Gasteiger partial charge on any atom is -0.496 e. The molecule has 4 rings (SSSR count). The molecule has 176 valence electrons. The van der Waals surface area contributed by atoms with Crippen molar-refractivity contribution < 1.29 is 9.53 Å². The summed E-state index contributed by atoms with van der Waals surface area (Å²) in [6.07, 6.45) is 14.2. The zero-order chi connectivity index (χ0) is 22.3. The van der Waals surface area contributed by atoms with Gasteiger partial charge in [0.25, 0.3) is 5.91 Å². The summed E-state index contributed by atoms with van der Waals surface area (Å²) in [6, 6.07) is 3.82. The number of benzene rings is 1. The summed E-state index contributed by atoms with van der Waals surface area (Å²) in [4.78, 5) is 16.0. The summed E-state index contributed by atoms with van der Waals surface area (Å²) in [5.41, 5.74) is 2.11. The van der Waals surface area contributed by atoms with E-state index in [0.29, 0.717) is 16.8 Å². The predicted molar refractivity (Wildman–Crippen MR) is 127 cm³/mol. The van der Waals surface area contributed by atoms with Gasteiger partial charge in [0.05, 0.1) is 18.2 Å². The normalized spacial score (nSPS) is 22.0. The molecule has 1 N–H and O–H groups in total. The molecular weight excluding hydrogens is 402 g/mol. The van der Waals surface area contributed by atoms with Crippen molar-refractivity contribution in [1.82, 2.24) is 25.2 Å². The largest absolute Gasteiger partial charge is 0.496 e. The van der Waals surface area contributed by atoms with E-state index in [2.05, 4.69) is 20.5 Å². The van der Waals surface area contributed by atoms with Gasteiger partial charge in [-0.05, 0) is 44.2 Å². The van der Waals surface area contributed by atoms with Crippen LogP contribution in [0, 0.1) is 5.92 Å². The molecule has 1 saturated carbocycles. The third kappa shape index (κ3) is 6.21. The summed E-state index contributed by atoms with van der Waals surface area (Å²) in [5.74, 6) is 1.36. The molecule has 1 aromatic carbocycles. The lowest BCUT2D eigenvalue weighted by Gasteiger charge is -2.28. The zero-order valence-corrected chi connectivity index (χ0v) is 19.8. The standard InChI is InChI=1S/C25H39N5O2/c1-29-23-16-24(32-2)21(15-22(23)27-28-29)25(31)26-20-11-9-7-5-3-4-6-8-10-14-30(18-20)17-19-12-13-19/h15-16,19-20H,3-14,17-18H2,1-2H3,(H,26,31). The molecule has 2 aromatic rings. The maximum absolute atomic E-state index is 13.3. The number of rotatable bonds is 5. The second-order valence-corrected chi connectivity index (χ2v) is 9.74. The Morgan fingerprint density at radius 1 is 1.06 bits per heavy atom. The highest BCUT2D eigenvalue weighted by molar-refractivity contribution is 6.00. The van der Waals surface area contributed by atoms with Crippen molar-refractivity contribution in [1.29, 1.82) is 0 Å². The van der Waals surface area contributed by atoms with Gasteiger partial charge in [-0.2, -0.15) is 0 Å². The van der Waals surface area contributed by atoms with E-state index in [4.69, 9.17) is 4.74 Å². The van der Waals surface area contributed by atoms with Gasteiger partial charge in [0, 0.05) is 32.2 Å². The number of fused-ring (bicyclic) bond motifs is 1. The average molecular weight is 442 g/mol. The van der Waals surface area contributed by atoms with Gasteiger partial charge < -0.3 is 15.0 Å². The van der Waals surface area contributed by atoms with Crippen LogP contribution in [-0.2, 0) is 7.05 Å². The van der Waals surface area contributed by atoms with Crippen LogP contribution in [0.4, 0.5) is 0 Å². The fourth-order valence-electron chi connectivity index (χ4n) is 4.90. The van der Waals surface area contributed by atoms with E-state index in [1.165, 1.54) is 70.8 Å². The lowest BCUT2D eigenvalue weighted by atomic mass is 10.0. The van der Waals surface area contributed by atoms with E-state index in [1.54, 1.807) is 17.9 Å². The second-order valence-electron chi connectivity index (χ2n) is 9.74. The number of carbonyl (C=O) groups excluding carboxylic acids is 1. The van der Waals surface area contributed by atoms with E-state index in [1.807, 2.05) is 13.1 Å². The second kappa shape index (κ2) is 11.1. The maximum atomic E-state index is 13.3. The minimum atomic E-state index is -0.0740. The number of ether oxygens (including phenoxy) is 1. The van der Waals surface area contributed by atoms with Gasteiger partial charge >= 0.3 is 0 Å². The number of aromatic nitrogens is 3. The van der Waals surface area contributed by atoms with E-state index >= 15 is 0 Å². The predicted octanol–water partition coefficient (Wildman–Crippen LogP) is 4.31. The third-order valence-electron chi connectivity index (χ3n) is 6.98. The SMILES string of the molecule is COc1cc2c(cc1C(=O)NC1CCCCCCCCCCN(CC3CC3)C1)nnn2C. The van der Waals surface area contributed by atoms with E-state index in [9.17, 15) is 4.79 Å². The summed E-state index contributed by atoms with van der Waals surface area (Å²) >= 11 is 0. The molecule has 1 atom stereocenters. The number of carbonyl (C=O) groups is 1. The molecule has 0 bridgehead atoms. The van der Waals surface area contributed by atoms with Crippen molar-refractivity contribution in [2.75, 3.05) is 26.7 Å². The van der Waals surface area contributed by atoms with Crippen molar-refractivity contribution in [3.8, 4) is 5.75 Å². The highest BCUT2D eigenvalue weighted by atomic mass is 16.5. The van der Waals surface area contributed by atoms with Crippen molar-refractivity contribution in [2.24, 2.45) is 13.0 Å². The quantitative estimate of drug-likeness (QED) is 0.748. The van der Waals surface area contributed by atoms with Crippen LogP contribution in [-0.4, -0.2) is 58.6 Å². The monoisotopic (exact) mass is 441 g/mol. The molecule has 7 nitrogen and oxygen atoms in total. The molecule has 1 aliphatic heterocycles. The molecule has 1 aliphatic carbocycles. The molecule has 1 unspecified atom stereocenters. The van der Waals surface area contributed by atoms with Crippen LogP contribution in [0.25, 0.3) is 11.0 Å². The number of amides is 1. The molecule has 1 saturated heterocycles. The molecule has 32 heavy (non-hydrogen) atoms. The Hall–Kier alpha value is -2.15. The van der Waals surface area contributed by atoms with Gasteiger partial charge in [0.1, 0.15) is 11.3 Å². The van der Waals surface area contributed by atoms with Crippen LogP contribution in [0.2, 0.25) is 0 Å². The molecule has 0 spiro atoms. The molecule has 2 fully saturated rings. The molecule has 7 heteroatoms.